The van der Waals surface area contributed by atoms with E-state index in [4.69, 9.17) is 4.74 Å². The Balaban J connectivity index is 1.71. The summed E-state index contributed by atoms with van der Waals surface area (Å²) in [6, 6.07) is 22.4. The third-order valence-corrected chi connectivity index (χ3v) is 6.07. The number of hydrogen-bond donors (Lipinski definition) is 0. The Morgan fingerprint density at radius 3 is 2.43 bits per heavy atom. The Kier molecular flexibility index (Phi) is 6.01. The van der Waals surface area contributed by atoms with E-state index in [-0.39, 0.29) is 11.5 Å². The van der Waals surface area contributed by atoms with Gasteiger partial charge in [-0.3, -0.25) is 4.90 Å². The summed E-state index contributed by atoms with van der Waals surface area (Å²) in [4.78, 5) is 2.61. The number of fused-ring (bicyclic) bond motifs is 1. The number of para-hydroxylation sites is 1. The van der Waals surface area contributed by atoms with Gasteiger partial charge in [0.25, 0.3) is 0 Å². The fraction of sp³-hybridized carbons (Fsp3) is 0.407. The molecule has 0 saturated heterocycles. The zero-order chi connectivity index (χ0) is 21.1. The van der Waals surface area contributed by atoms with Crippen molar-refractivity contribution in [3.05, 3.63) is 89.2 Å². The minimum atomic E-state index is 0.181. The van der Waals surface area contributed by atoms with Crippen molar-refractivity contribution in [2.24, 2.45) is 0 Å². The third kappa shape index (κ3) is 4.32. The van der Waals surface area contributed by atoms with Gasteiger partial charge >= 0.3 is 0 Å². The second kappa shape index (κ2) is 8.69. The lowest BCUT2D eigenvalue weighted by Crippen LogP contribution is -2.30. The summed E-state index contributed by atoms with van der Waals surface area (Å²) in [5.74, 6) is 0.993. The Hall–Kier alpha value is -2.52. The normalized spacial score (nSPS) is 17.4. The number of aryl methyl sites for hydroxylation is 1. The Morgan fingerprint density at radius 1 is 0.933 bits per heavy atom. The SMILES string of the molecule is CCOc1ccccc1C1c2cccn2CCCN1Cc1ccc(C(C)(C)C)cc1. The summed E-state index contributed by atoms with van der Waals surface area (Å²) >= 11 is 0. The van der Waals surface area contributed by atoms with Gasteiger partial charge in [0.15, 0.2) is 0 Å². The summed E-state index contributed by atoms with van der Waals surface area (Å²) in [7, 11) is 0. The van der Waals surface area contributed by atoms with Crippen LogP contribution in [0.15, 0.2) is 66.9 Å². The molecule has 2 heterocycles. The smallest absolute Gasteiger partial charge is 0.124 e. The number of benzene rings is 2. The first-order chi connectivity index (χ1) is 14.5. The maximum Gasteiger partial charge on any atom is 0.124 e. The number of nitrogens with zero attached hydrogens (tertiary/aromatic N) is 2. The van der Waals surface area contributed by atoms with Crippen LogP contribution in [0.4, 0.5) is 0 Å². The van der Waals surface area contributed by atoms with E-state index in [0.29, 0.717) is 6.61 Å². The van der Waals surface area contributed by atoms with Crippen molar-refractivity contribution in [2.45, 2.75) is 58.7 Å². The van der Waals surface area contributed by atoms with Gasteiger partial charge in [-0.2, -0.15) is 0 Å². The van der Waals surface area contributed by atoms with E-state index in [2.05, 4.69) is 104 Å². The molecule has 0 bridgehead atoms. The zero-order valence-electron chi connectivity index (χ0n) is 18.8. The lowest BCUT2D eigenvalue weighted by atomic mass is 9.86. The molecule has 0 radical (unpaired) electrons. The number of hydrogen-bond acceptors (Lipinski definition) is 2. The van der Waals surface area contributed by atoms with Gasteiger partial charge in [-0.1, -0.05) is 63.2 Å². The highest BCUT2D eigenvalue weighted by molar-refractivity contribution is 5.41. The first kappa shape index (κ1) is 20.7. The van der Waals surface area contributed by atoms with E-state index in [1.807, 2.05) is 0 Å². The molecule has 3 heteroatoms. The monoisotopic (exact) mass is 402 g/mol. The van der Waals surface area contributed by atoms with Crippen LogP contribution in [0.25, 0.3) is 0 Å². The van der Waals surface area contributed by atoms with Gasteiger partial charge in [-0.05, 0) is 48.1 Å². The molecule has 3 nitrogen and oxygen atoms in total. The van der Waals surface area contributed by atoms with Gasteiger partial charge in [0, 0.05) is 37.1 Å². The second-order valence-electron chi connectivity index (χ2n) is 9.27. The Labute approximate surface area is 181 Å². The van der Waals surface area contributed by atoms with E-state index in [9.17, 15) is 0 Å². The van der Waals surface area contributed by atoms with Crippen LogP contribution < -0.4 is 4.74 Å². The fourth-order valence-electron chi connectivity index (χ4n) is 4.50. The minimum absolute atomic E-state index is 0.181. The predicted molar refractivity (Wildman–Crippen MR) is 124 cm³/mol. The molecule has 158 valence electrons. The molecule has 4 rings (SSSR count). The first-order valence-corrected chi connectivity index (χ1v) is 11.2. The van der Waals surface area contributed by atoms with Gasteiger partial charge in [-0.15, -0.1) is 0 Å². The average Bonchev–Trinajstić information content (AvgIpc) is 3.11. The molecule has 1 aromatic heterocycles. The molecule has 0 spiro atoms. The molecule has 0 fully saturated rings. The number of rotatable bonds is 5. The predicted octanol–water partition coefficient (Wildman–Crippen LogP) is 6.18. The highest BCUT2D eigenvalue weighted by atomic mass is 16.5. The first-order valence-electron chi connectivity index (χ1n) is 11.2. The van der Waals surface area contributed by atoms with E-state index >= 15 is 0 Å². The quantitative estimate of drug-likeness (QED) is 0.507. The van der Waals surface area contributed by atoms with Gasteiger partial charge in [0.2, 0.25) is 0 Å². The van der Waals surface area contributed by atoms with E-state index < -0.39 is 0 Å². The third-order valence-electron chi connectivity index (χ3n) is 6.07. The molecule has 1 aliphatic heterocycles. The Bertz CT molecular complexity index is 965. The molecule has 3 aromatic rings. The summed E-state index contributed by atoms with van der Waals surface area (Å²) < 4.78 is 8.45. The largest absolute Gasteiger partial charge is 0.494 e. The summed E-state index contributed by atoms with van der Waals surface area (Å²) in [5, 5.41) is 0. The van der Waals surface area contributed by atoms with Gasteiger partial charge in [-0.25, -0.2) is 0 Å². The molecule has 0 aliphatic carbocycles. The van der Waals surface area contributed by atoms with Crippen molar-refractivity contribution < 1.29 is 4.74 Å². The minimum Gasteiger partial charge on any atom is -0.494 e. The molecule has 30 heavy (non-hydrogen) atoms. The van der Waals surface area contributed by atoms with Crippen LogP contribution in [0, 0.1) is 0 Å². The van der Waals surface area contributed by atoms with Crippen LogP contribution in [0.3, 0.4) is 0 Å². The van der Waals surface area contributed by atoms with Crippen molar-refractivity contribution in [1.29, 1.82) is 0 Å². The van der Waals surface area contributed by atoms with Crippen molar-refractivity contribution in [1.82, 2.24) is 9.47 Å². The molecule has 0 N–H and O–H groups in total. The van der Waals surface area contributed by atoms with Crippen LogP contribution in [-0.2, 0) is 18.5 Å². The summed E-state index contributed by atoms with van der Waals surface area (Å²) in [6.45, 7) is 12.6. The number of aromatic nitrogens is 1. The van der Waals surface area contributed by atoms with Crippen LogP contribution in [0.1, 0.15) is 62.5 Å². The molecule has 1 aliphatic rings. The van der Waals surface area contributed by atoms with E-state index in [1.54, 1.807) is 0 Å². The molecule has 1 unspecified atom stereocenters. The summed E-state index contributed by atoms with van der Waals surface area (Å²) in [5.41, 5.74) is 5.54. The van der Waals surface area contributed by atoms with Gasteiger partial charge in [0.05, 0.1) is 12.6 Å². The lowest BCUT2D eigenvalue weighted by molar-refractivity contribution is 0.214. The highest BCUT2D eigenvalue weighted by Gasteiger charge is 2.29. The number of ether oxygens (including phenoxy) is 1. The van der Waals surface area contributed by atoms with E-state index in [1.165, 1.54) is 22.4 Å². The average molecular weight is 403 g/mol. The van der Waals surface area contributed by atoms with Crippen LogP contribution in [0.2, 0.25) is 0 Å². The molecule has 2 aromatic carbocycles. The molecule has 1 atom stereocenters. The Morgan fingerprint density at radius 2 is 1.70 bits per heavy atom. The lowest BCUT2D eigenvalue weighted by Gasteiger charge is -2.32. The second-order valence-corrected chi connectivity index (χ2v) is 9.27. The van der Waals surface area contributed by atoms with Crippen molar-refractivity contribution in [3.63, 3.8) is 0 Å². The zero-order valence-corrected chi connectivity index (χ0v) is 18.8. The molecular formula is C27H34N2O. The fourth-order valence-corrected chi connectivity index (χ4v) is 4.50. The van der Waals surface area contributed by atoms with Crippen molar-refractivity contribution >= 4 is 0 Å². The van der Waals surface area contributed by atoms with Crippen LogP contribution in [0.5, 0.6) is 5.75 Å². The maximum absolute atomic E-state index is 6.04. The van der Waals surface area contributed by atoms with E-state index in [0.717, 1.165) is 31.8 Å². The highest BCUT2D eigenvalue weighted by Crippen LogP contribution is 2.37. The van der Waals surface area contributed by atoms with Gasteiger partial charge < -0.3 is 9.30 Å². The standard InChI is InChI=1S/C27H34N2O/c1-5-30-25-12-7-6-10-23(25)26-24-11-8-17-28(24)18-9-19-29(26)20-21-13-15-22(16-14-21)27(2,3)4/h6-8,10-17,26H,5,9,18-20H2,1-4H3. The topological polar surface area (TPSA) is 17.4 Å². The van der Waals surface area contributed by atoms with Crippen molar-refractivity contribution in [3.8, 4) is 5.75 Å². The van der Waals surface area contributed by atoms with Gasteiger partial charge in [0.1, 0.15) is 5.75 Å². The summed E-state index contributed by atoms with van der Waals surface area (Å²) in [6.07, 6.45) is 3.36. The molecular weight excluding hydrogens is 368 g/mol. The van der Waals surface area contributed by atoms with Crippen LogP contribution in [-0.4, -0.2) is 22.6 Å². The van der Waals surface area contributed by atoms with Crippen LogP contribution >= 0.6 is 0 Å². The maximum atomic E-state index is 6.04. The van der Waals surface area contributed by atoms with Crippen molar-refractivity contribution in [2.75, 3.05) is 13.2 Å². The molecule has 0 saturated carbocycles. The molecule has 0 amide bonds.